The molecule has 0 saturated heterocycles. The number of unbranched alkanes of at least 4 members (excludes halogenated alkanes) is 1. The molecule has 169 valence electrons. The van der Waals surface area contributed by atoms with Crippen molar-refractivity contribution in [2.75, 3.05) is 13.6 Å². The van der Waals surface area contributed by atoms with Gasteiger partial charge in [0.05, 0.1) is 16.6 Å². The zero-order chi connectivity index (χ0) is 22.9. The third-order valence-corrected chi connectivity index (χ3v) is 6.95. The van der Waals surface area contributed by atoms with E-state index < -0.39 is 10.0 Å². The Morgan fingerprint density at radius 1 is 1.25 bits per heavy atom. The summed E-state index contributed by atoms with van der Waals surface area (Å²) in [5, 5.41) is 3.29. The van der Waals surface area contributed by atoms with Crippen LogP contribution >= 0.6 is 0 Å². The molecule has 1 aromatic carbocycles. The Bertz CT molecular complexity index is 1240. The van der Waals surface area contributed by atoms with Gasteiger partial charge in [-0.1, -0.05) is 43.2 Å². The fourth-order valence-corrected chi connectivity index (χ4v) is 4.93. The molecule has 1 aliphatic carbocycles. The van der Waals surface area contributed by atoms with Gasteiger partial charge in [0.2, 0.25) is 15.7 Å². The number of nitrogens with zero attached hydrogens (tertiary/aromatic N) is 1. The highest BCUT2D eigenvalue weighted by Gasteiger charge is 2.31. The number of furan rings is 1. The maximum atomic E-state index is 12.8. The second kappa shape index (κ2) is 9.03. The van der Waals surface area contributed by atoms with E-state index in [9.17, 15) is 13.2 Å². The van der Waals surface area contributed by atoms with E-state index in [4.69, 9.17) is 4.42 Å². The van der Waals surface area contributed by atoms with E-state index in [1.54, 1.807) is 7.05 Å². The van der Waals surface area contributed by atoms with Crippen molar-refractivity contribution in [1.82, 2.24) is 15.0 Å². The van der Waals surface area contributed by atoms with Gasteiger partial charge in [-0.05, 0) is 43.7 Å². The summed E-state index contributed by atoms with van der Waals surface area (Å²) in [5.41, 5.74) is 3.91. The number of hydrogen-bond acceptors (Lipinski definition) is 5. The molecule has 2 N–H and O–H groups in total. The van der Waals surface area contributed by atoms with Gasteiger partial charge in [0.15, 0.2) is 0 Å². The zero-order valence-electron chi connectivity index (χ0n) is 18.4. The number of hydrogen-bond donors (Lipinski definition) is 2. The third kappa shape index (κ3) is 4.71. The quantitative estimate of drug-likeness (QED) is 0.475. The lowest BCUT2D eigenvalue weighted by molar-refractivity contribution is 0.0964. The molecular formula is C24H28N3O4S. The number of aryl methyl sites for hydroxylation is 1. The summed E-state index contributed by atoms with van der Waals surface area (Å²) in [6.45, 7) is 6.08. The number of carbonyl (C=O) groups is 1. The molecule has 1 radical (unpaired) electrons. The van der Waals surface area contributed by atoms with Gasteiger partial charge in [0.1, 0.15) is 11.5 Å². The van der Waals surface area contributed by atoms with Gasteiger partial charge >= 0.3 is 0 Å². The molecule has 0 atom stereocenters. The van der Waals surface area contributed by atoms with Gasteiger partial charge in [0, 0.05) is 19.2 Å². The summed E-state index contributed by atoms with van der Waals surface area (Å²) >= 11 is 0. The average Bonchev–Trinajstić information content (AvgIpc) is 3.54. The molecule has 7 nitrogen and oxygen atoms in total. The molecule has 4 rings (SSSR count). The smallest absolute Gasteiger partial charge is 0.255 e. The topological polar surface area (TPSA) is 101 Å². The molecule has 1 saturated carbocycles. The standard InChI is InChI=1S/C24H28N3O4S/c1-4-5-12-26-32(29,30)14-20-18(16-10-11-16)13-19-21(23(28)25-3)22(31-24(19)27-20)17-8-6-15(2)7-9-17/h6-9,13,16,26H,1,4-5,10-12,14H2,2-3H3,(H,25,28). The summed E-state index contributed by atoms with van der Waals surface area (Å²) in [5.74, 6) is 0.203. The first-order chi connectivity index (χ1) is 15.3. The van der Waals surface area contributed by atoms with Crippen molar-refractivity contribution < 1.29 is 17.6 Å². The molecule has 3 aromatic rings. The molecule has 1 amide bonds. The van der Waals surface area contributed by atoms with Gasteiger partial charge in [-0.25, -0.2) is 18.1 Å². The van der Waals surface area contributed by atoms with E-state index >= 15 is 0 Å². The van der Waals surface area contributed by atoms with Crippen LogP contribution in [0.2, 0.25) is 0 Å². The number of sulfonamides is 1. The fraction of sp³-hybridized carbons (Fsp3) is 0.375. The number of amides is 1. The number of aromatic nitrogens is 1. The number of carbonyl (C=O) groups excluding carboxylic acids is 1. The number of rotatable bonds is 9. The Morgan fingerprint density at radius 3 is 2.59 bits per heavy atom. The van der Waals surface area contributed by atoms with Crippen molar-refractivity contribution >= 4 is 27.0 Å². The van der Waals surface area contributed by atoms with Crippen LogP contribution in [0.4, 0.5) is 0 Å². The van der Waals surface area contributed by atoms with Crippen molar-refractivity contribution in [2.24, 2.45) is 0 Å². The Labute approximate surface area is 188 Å². The molecule has 8 heteroatoms. The number of pyridine rings is 1. The van der Waals surface area contributed by atoms with Crippen molar-refractivity contribution in [3.63, 3.8) is 0 Å². The van der Waals surface area contributed by atoms with Gasteiger partial charge in [-0.2, -0.15) is 0 Å². The van der Waals surface area contributed by atoms with Gasteiger partial charge < -0.3 is 9.73 Å². The number of nitrogens with one attached hydrogen (secondary N) is 2. The van der Waals surface area contributed by atoms with Crippen molar-refractivity contribution in [3.05, 3.63) is 59.6 Å². The Kier molecular flexibility index (Phi) is 6.35. The predicted octanol–water partition coefficient (Wildman–Crippen LogP) is 4.07. The lowest BCUT2D eigenvalue weighted by atomic mass is 10.0. The van der Waals surface area contributed by atoms with E-state index in [-0.39, 0.29) is 23.3 Å². The minimum atomic E-state index is -3.55. The van der Waals surface area contributed by atoms with Crippen LogP contribution in [0.3, 0.4) is 0 Å². The molecule has 2 aromatic heterocycles. The monoisotopic (exact) mass is 454 g/mol. The highest BCUT2D eigenvalue weighted by molar-refractivity contribution is 7.88. The van der Waals surface area contributed by atoms with Crippen LogP contribution in [0.25, 0.3) is 22.4 Å². The molecule has 0 spiro atoms. The summed E-state index contributed by atoms with van der Waals surface area (Å²) in [7, 11) is -1.97. The highest BCUT2D eigenvalue weighted by atomic mass is 32.2. The molecule has 32 heavy (non-hydrogen) atoms. The van der Waals surface area contributed by atoms with Crippen molar-refractivity contribution in [2.45, 2.75) is 44.3 Å². The van der Waals surface area contributed by atoms with Crippen LogP contribution in [0.15, 0.2) is 34.7 Å². The average molecular weight is 455 g/mol. The second-order valence-electron chi connectivity index (χ2n) is 8.26. The molecule has 0 bridgehead atoms. The summed E-state index contributed by atoms with van der Waals surface area (Å²) in [4.78, 5) is 17.4. The van der Waals surface area contributed by atoms with Crippen LogP contribution in [0, 0.1) is 13.8 Å². The lowest BCUT2D eigenvalue weighted by Crippen LogP contribution is -2.27. The maximum Gasteiger partial charge on any atom is 0.255 e. The minimum Gasteiger partial charge on any atom is -0.437 e. The normalized spacial score (nSPS) is 14.1. The lowest BCUT2D eigenvalue weighted by Gasteiger charge is -2.10. The third-order valence-electron chi connectivity index (χ3n) is 5.66. The molecule has 0 unspecified atom stereocenters. The zero-order valence-corrected chi connectivity index (χ0v) is 19.2. The van der Waals surface area contributed by atoms with Crippen molar-refractivity contribution in [3.8, 4) is 11.3 Å². The van der Waals surface area contributed by atoms with Crippen LogP contribution in [0.1, 0.15) is 58.8 Å². The minimum absolute atomic E-state index is 0.220. The second-order valence-corrected chi connectivity index (χ2v) is 10.1. The van der Waals surface area contributed by atoms with E-state index in [1.807, 2.05) is 37.3 Å². The molecule has 0 aliphatic heterocycles. The van der Waals surface area contributed by atoms with E-state index in [0.717, 1.165) is 29.5 Å². The van der Waals surface area contributed by atoms with Crippen LogP contribution in [-0.2, 0) is 15.8 Å². The number of fused-ring (bicyclic) bond motifs is 1. The predicted molar refractivity (Wildman–Crippen MR) is 125 cm³/mol. The first-order valence-electron chi connectivity index (χ1n) is 10.8. The Hall–Kier alpha value is -2.71. The number of benzene rings is 1. The first-order valence-corrected chi connectivity index (χ1v) is 12.5. The summed E-state index contributed by atoms with van der Waals surface area (Å²) in [6.07, 6.45) is 3.30. The van der Waals surface area contributed by atoms with E-state index in [2.05, 4.69) is 21.9 Å². The van der Waals surface area contributed by atoms with Crippen LogP contribution < -0.4 is 10.0 Å². The van der Waals surface area contributed by atoms with Gasteiger partial charge in [0.25, 0.3) is 5.91 Å². The molecule has 1 fully saturated rings. The summed E-state index contributed by atoms with van der Waals surface area (Å²) < 4.78 is 33.9. The summed E-state index contributed by atoms with van der Waals surface area (Å²) in [6, 6.07) is 9.61. The van der Waals surface area contributed by atoms with Crippen LogP contribution in [-0.4, -0.2) is 32.9 Å². The van der Waals surface area contributed by atoms with E-state index in [0.29, 0.717) is 41.8 Å². The van der Waals surface area contributed by atoms with Crippen molar-refractivity contribution in [1.29, 1.82) is 0 Å². The van der Waals surface area contributed by atoms with E-state index in [1.165, 1.54) is 0 Å². The SMILES string of the molecule is [CH2]CCCNS(=O)(=O)Cc1nc2oc(-c3ccc(C)cc3)c(C(=O)NC)c2cc1C1CC1. The van der Waals surface area contributed by atoms with Gasteiger partial charge in [-0.3, -0.25) is 4.79 Å². The molecular weight excluding hydrogens is 426 g/mol. The van der Waals surface area contributed by atoms with Crippen LogP contribution in [0.5, 0.6) is 0 Å². The molecule has 1 aliphatic rings. The fourth-order valence-electron chi connectivity index (χ4n) is 3.78. The Morgan fingerprint density at radius 2 is 1.97 bits per heavy atom. The Balaban J connectivity index is 1.83. The largest absolute Gasteiger partial charge is 0.437 e. The first kappa shape index (κ1) is 22.5. The molecule has 2 heterocycles. The van der Waals surface area contributed by atoms with Gasteiger partial charge in [-0.15, -0.1) is 0 Å². The maximum absolute atomic E-state index is 12.8. The highest BCUT2D eigenvalue weighted by Crippen LogP contribution is 2.44.